The van der Waals surface area contributed by atoms with Gasteiger partial charge < -0.3 is 10.6 Å². The predicted octanol–water partition coefficient (Wildman–Crippen LogP) is 4.14. The Morgan fingerprint density at radius 1 is 1.10 bits per heavy atom. The molecule has 0 saturated carbocycles. The van der Waals surface area contributed by atoms with Gasteiger partial charge >= 0.3 is 6.03 Å². The molecule has 1 aromatic carbocycles. The van der Waals surface area contributed by atoms with Gasteiger partial charge in [0.1, 0.15) is 0 Å². The van der Waals surface area contributed by atoms with Crippen molar-refractivity contribution in [1.82, 2.24) is 10.6 Å². The van der Waals surface area contributed by atoms with Crippen LogP contribution in [-0.2, 0) is 5.41 Å². The Hall–Kier alpha value is -1.51. The van der Waals surface area contributed by atoms with Gasteiger partial charge in [-0.2, -0.15) is 0 Å². The molecule has 0 spiro atoms. The summed E-state index contributed by atoms with van der Waals surface area (Å²) in [4.78, 5) is 11.8. The summed E-state index contributed by atoms with van der Waals surface area (Å²) in [6.07, 6.45) is 0.933. The molecule has 3 heteroatoms. The predicted molar refractivity (Wildman–Crippen MR) is 85.0 cm³/mol. The van der Waals surface area contributed by atoms with Gasteiger partial charge in [-0.15, -0.1) is 0 Å². The SMILES string of the molecule is CC[C@H](C)NC(=O)N[C@H](C)c1ccc(C(C)(C)C)cc1. The van der Waals surface area contributed by atoms with Crippen LogP contribution >= 0.6 is 0 Å². The molecule has 20 heavy (non-hydrogen) atoms. The second-order valence-electron chi connectivity index (χ2n) is 6.52. The summed E-state index contributed by atoms with van der Waals surface area (Å²) in [6, 6.07) is 8.56. The maximum absolute atomic E-state index is 11.8. The van der Waals surface area contributed by atoms with E-state index in [1.54, 1.807) is 0 Å². The molecule has 2 N–H and O–H groups in total. The molecule has 0 aliphatic heterocycles. The minimum Gasteiger partial charge on any atom is -0.336 e. The van der Waals surface area contributed by atoms with Gasteiger partial charge in [0.15, 0.2) is 0 Å². The third kappa shape index (κ3) is 4.87. The average molecular weight is 276 g/mol. The molecule has 0 bridgehead atoms. The van der Waals surface area contributed by atoms with Crippen molar-refractivity contribution < 1.29 is 4.79 Å². The highest BCUT2D eigenvalue weighted by Gasteiger charge is 2.15. The van der Waals surface area contributed by atoms with Crippen LogP contribution in [0.15, 0.2) is 24.3 Å². The highest BCUT2D eigenvalue weighted by molar-refractivity contribution is 5.74. The van der Waals surface area contributed by atoms with Crippen LogP contribution in [-0.4, -0.2) is 12.1 Å². The zero-order valence-electron chi connectivity index (χ0n) is 13.6. The Kier molecular flexibility index (Phi) is 5.61. The molecule has 112 valence electrons. The van der Waals surface area contributed by atoms with Crippen molar-refractivity contribution in [3.63, 3.8) is 0 Å². The van der Waals surface area contributed by atoms with Crippen LogP contribution in [0.25, 0.3) is 0 Å². The molecule has 2 atom stereocenters. The highest BCUT2D eigenvalue weighted by atomic mass is 16.2. The first-order chi connectivity index (χ1) is 9.24. The minimum atomic E-state index is -0.105. The number of hydrogen-bond donors (Lipinski definition) is 2. The first-order valence-corrected chi connectivity index (χ1v) is 7.41. The number of benzene rings is 1. The number of rotatable bonds is 4. The Labute approximate surface area is 123 Å². The molecule has 3 nitrogen and oxygen atoms in total. The molecule has 0 radical (unpaired) electrons. The van der Waals surface area contributed by atoms with E-state index in [2.05, 4.69) is 62.6 Å². The molecule has 0 saturated heterocycles. The monoisotopic (exact) mass is 276 g/mol. The van der Waals surface area contributed by atoms with E-state index in [1.165, 1.54) is 5.56 Å². The van der Waals surface area contributed by atoms with Crippen molar-refractivity contribution in [1.29, 1.82) is 0 Å². The summed E-state index contributed by atoms with van der Waals surface area (Å²) < 4.78 is 0. The minimum absolute atomic E-state index is 0.00748. The van der Waals surface area contributed by atoms with Gasteiger partial charge in [-0.05, 0) is 36.8 Å². The molecule has 0 aromatic heterocycles. The van der Waals surface area contributed by atoms with Crippen LogP contribution in [0.4, 0.5) is 4.79 Å². The van der Waals surface area contributed by atoms with Gasteiger partial charge in [-0.25, -0.2) is 4.79 Å². The highest BCUT2D eigenvalue weighted by Crippen LogP contribution is 2.23. The summed E-state index contributed by atoms with van der Waals surface area (Å²) in [5, 5.41) is 5.89. The molecular formula is C17H28N2O. The van der Waals surface area contributed by atoms with Crippen molar-refractivity contribution in [3.8, 4) is 0 Å². The Morgan fingerprint density at radius 3 is 2.10 bits per heavy atom. The van der Waals surface area contributed by atoms with Crippen LogP contribution < -0.4 is 10.6 Å². The number of nitrogens with one attached hydrogen (secondary N) is 2. The molecular weight excluding hydrogens is 248 g/mol. The van der Waals surface area contributed by atoms with E-state index in [9.17, 15) is 4.79 Å². The maximum atomic E-state index is 11.8. The van der Waals surface area contributed by atoms with Gasteiger partial charge in [0.05, 0.1) is 6.04 Å². The summed E-state index contributed by atoms with van der Waals surface area (Å²) in [7, 11) is 0. The van der Waals surface area contributed by atoms with Crippen molar-refractivity contribution in [2.45, 2.75) is 65.5 Å². The molecule has 0 aliphatic rings. The van der Waals surface area contributed by atoms with Crippen molar-refractivity contribution >= 4 is 6.03 Å². The second kappa shape index (κ2) is 6.78. The number of urea groups is 1. The molecule has 0 unspecified atom stereocenters. The van der Waals surface area contributed by atoms with Gasteiger partial charge in [-0.3, -0.25) is 0 Å². The van der Waals surface area contributed by atoms with Crippen molar-refractivity contribution in [3.05, 3.63) is 35.4 Å². The first-order valence-electron chi connectivity index (χ1n) is 7.41. The lowest BCUT2D eigenvalue weighted by Gasteiger charge is -2.21. The van der Waals surface area contributed by atoms with Crippen LogP contribution in [0.1, 0.15) is 65.1 Å². The standard InChI is InChI=1S/C17H28N2O/c1-7-12(2)18-16(20)19-13(3)14-8-10-15(11-9-14)17(4,5)6/h8-13H,7H2,1-6H3,(H2,18,19,20)/t12-,13+/m0/s1. The maximum Gasteiger partial charge on any atom is 0.315 e. The quantitative estimate of drug-likeness (QED) is 0.852. The lowest BCUT2D eigenvalue weighted by atomic mass is 9.86. The second-order valence-corrected chi connectivity index (χ2v) is 6.52. The normalized spacial score (nSPS) is 14.5. The van der Waals surface area contributed by atoms with Crippen LogP contribution in [0, 0.1) is 0 Å². The van der Waals surface area contributed by atoms with E-state index in [-0.39, 0.29) is 23.5 Å². The van der Waals surface area contributed by atoms with Crippen LogP contribution in [0.5, 0.6) is 0 Å². The van der Waals surface area contributed by atoms with E-state index in [0.717, 1.165) is 12.0 Å². The van der Waals surface area contributed by atoms with Gasteiger partial charge in [0.2, 0.25) is 0 Å². The lowest BCUT2D eigenvalue weighted by Crippen LogP contribution is -2.41. The molecule has 1 aromatic rings. The van der Waals surface area contributed by atoms with Crippen LogP contribution in [0.3, 0.4) is 0 Å². The average Bonchev–Trinajstić information content (AvgIpc) is 2.37. The van der Waals surface area contributed by atoms with Gasteiger partial charge in [0, 0.05) is 6.04 Å². The summed E-state index contributed by atoms with van der Waals surface area (Å²) in [5.41, 5.74) is 2.58. The van der Waals surface area contributed by atoms with E-state index >= 15 is 0 Å². The largest absolute Gasteiger partial charge is 0.336 e. The summed E-state index contributed by atoms with van der Waals surface area (Å²) >= 11 is 0. The summed E-state index contributed by atoms with van der Waals surface area (Å²) in [6.45, 7) is 12.7. The molecule has 2 amide bonds. The van der Waals surface area contributed by atoms with E-state index in [0.29, 0.717) is 0 Å². The Bertz CT molecular complexity index is 431. The fourth-order valence-corrected chi connectivity index (χ4v) is 1.92. The zero-order valence-corrected chi connectivity index (χ0v) is 13.6. The fourth-order valence-electron chi connectivity index (χ4n) is 1.92. The zero-order chi connectivity index (χ0) is 15.3. The van der Waals surface area contributed by atoms with E-state index < -0.39 is 0 Å². The van der Waals surface area contributed by atoms with Gasteiger partial charge in [0.25, 0.3) is 0 Å². The third-order valence-electron chi connectivity index (χ3n) is 3.61. The number of carbonyl (C=O) groups is 1. The van der Waals surface area contributed by atoms with Crippen LogP contribution in [0.2, 0.25) is 0 Å². The molecule has 1 rings (SSSR count). The topological polar surface area (TPSA) is 41.1 Å². The Morgan fingerprint density at radius 2 is 1.65 bits per heavy atom. The lowest BCUT2D eigenvalue weighted by molar-refractivity contribution is 0.234. The summed E-state index contributed by atoms with van der Waals surface area (Å²) in [5.74, 6) is 0. The number of amides is 2. The van der Waals surface area contributed by atoms with Crippen molar-refractivity contribution in [2.24, 2.45) is 0 Å². The molecule has 0 fully saturated rings. The smallest absolute Gasteiger partial charge is 0.315 e. The van der Waals surface area contributed by atoms with Crippen molar-refractivity contribution in [2.75, 3.05) is 0 Å². The third-order valence-corrected chi connectivity index (χ3v) is 3.61. The molecule has 0 aliphatic carbocycles. The molecule has 0 heterocycles. The fraction of sp³-hybridized carbons (Fsp3) is 0.588. The Balaban J connectivity index is 2.64. The van der Waals surface area contributed by atoms with E-state index in [4.69, 9.17) is 0 Å². The number of carbonyl (C=O) groups excluding carboxylic acids is 1. The number of hydrogen-bond acceptors (Lipinski definition) is 1. The van der Waals surface area contributed by atoms with Gasteiger partial charge in [-0.1, -0.05) is 52.0 Å². The van der Waals surface area contributed by atoms with E-state index in [1.807, 2.05) is 13.8 Å². The first kappa shape index (κ1) is 16.5.